The number of hydrogen-bond donors (Lipinski definition) is 0. The highest BCUT2D eigenvalue weighted by atomic mass is 16.1. The summed E-state index contributed by atoms with van der Waals surface area (Å²) in [5.41, 5.74) is 10.7. The van der Waals surface area contributed by atoms with Gasteiger partial charge >= 0.3 is 0 Å². The number of carbonyl (C=O) groups is 2. The second-order valence-electron chi connectivity index (χ2n) is 17.4. The Hall–Kier alpha value is -3.52. The van der Waals surface area contributed by atoms with E-state index in [1.807, 2.05) is 24.3 Å². The first-order valence-corrected chi connectivity index (χ1v) is 20.7. The molecule has 0 radical (unpaired) electrons. The fraction of sp³-hybridized carbons (Fsp3) is 0.529. The van der Waals surface area contributed by atoms with Crippen LogP contribution in [0.2, 0.25) is 0 Å². The summed E-state index contributed by atoms with van der Waals surface area (Å²) in [4.78, 5) is 27.6. The Morgan fingerprint density at radius 2 is 0.981 bits per heavy atom. The molecule has 1 aromatic carbocycles. The zero-order chi connectivity index (χ0) is 38.6. The van der Waals surface area contributed by atoms with Gasteiger partial charge in [-0.2, -0.15) is 0 Å². The van der Waals surface area contributed by atoms with Crippen molar-refractivity contribution in [2.24, 2.45) is 22.7 Å². The minimum atomic E-state index is -0.621. The summed E-state index contributed by atoms with van der Waals surface area (Å²) in [6.07, 6.45) is 36.6. The van der Waals surface area contributed by atoms with Gasteiger partial charge in [0.05, 0.1) is 0 Å². The van der Waals surface area contributed by atoms with E-state index in [1.54, 1.807) is 0 Å². The average molecular weight is 715 g/mol. The summed E-state index contributed by atoms with van der Waals surface area (Å²) >= 11 is 0. The predicted octanol–water partition coefficient (Wildman–Crippen LogP) is 15.0. The molecule has 3 aliphatic rings. The lowest BCUT2D eigenvalue weighted by atomic mass is 9.56. The average Bonchev–Trinajstić information content (AvgIpc) is 3.65. The van der Waals surface area contributed by atoms with E-state index in [1.165, 1.54) is 51.9 Å². The van der Waals surface area contributed by atoms with Crippen molar-refractivity contribution in [3.63, 3.8) is 0 Å². The van der Waals surface area contributed by atoms with Gasteiger partial charge in [-0.1, -0.05) is 125 Å². The Balaban J connectivity index is 1.13. The molecule has 4 rings (SSSR count). The van der Waals surface area contributed by atoms with Crippen LogP contribution in [0.1, 0.15) is 173 Å². The summed E-state index contributed by atoms with van der Waals surface area (Å²) in [7, 11) is 0. The maximum Gasteiger partial charge on any atom is 0.170 e. The molecule has 286 valence electrons. The molecule has 0 N–H and O–H groups in total. The van der Waals surface area contributed by atoms with Crippen LogP contribution in [-0.4, -0.2) is 11.6 Å². The van der Waals surface area contributed by atoms with E-state index in [4.69, 9.17) is 0 Å². The van der Waals surface area contributed by atoms with Crippen molar-refractivity contribution in [2.75, 3.05) is 0 Å². The van der Waals surface area contributed by atoms with E-state index in [9.17, 15) is 9.59 Å². The van der Waals surface area contributed by atoms with Crippen LogP contribution in [0.5, 0.6) is 0 Å². The van der Waals surface area contributed by atoms with E-state index in [-0.39, 0.29) is 28.8 Å². The summed E-state index contributed by atoms with van der Waals surface area (Å²) in [5.74, 6) is 0.210. The maximum atomic E-state index is 13.8. The second-order valence-corrected chi connectivity index (χ2v) is 17.4. The molecular weight excluding hydrogens is 645 g/mol. The number of fused-ring (bicyclic) bond motifs is 6. The number of hydrogen-bond acceptors (Lipinski definition) is 2. The van der Waals surface area contributed by atoms with Gasteiger partial charge in [-0.3, -0.25) is 9.59 Å². The summed E-state index contributed by atoms with van der Waals surface area (Å²) in [6.45, 7) is 20.0. The van der Waals surface area contributed by atoms with Gasteiger partial charge in [0.15, 0.2) is 11.6 Å². The largest absolute Gasteiger partial charge is 0.294 e. The smallest absolute Gasteiger partial charge is 0.170 e. The van der Waals surface area contributed by atoms with Crippen molar-refractivity contribution in [3.05, 3.63) is 129 Å². The number of benzene rings is 1. The van der Waals surface area contributed by atoms with E-state index in [0.717, 1.165) is 77.0 Å². The fourth-order valence-corrected chi connectivity index (χ4v) is 9.03. The van der Waals surface area contributed by atoms with Gasteiger partial charge in [-0.05, 0) is 151 Å². The van der Waals surface area contributed by atoms with E-state index in [0.29, 0.717) is 11.1 Å². The first-order valence-electron chi connectivity index (χ1n) is 20.7. The summed E-state index contributed by atoms with van der Waals surface area (Å²) in [6, 6.07) is 7.46. The lowest BCUT2D eigenvalue weighted by Gasteiger charge is -2.44. The fourth-order valence-electron chi connectivity index (χ4n) is 9.03. The monoisotopic (exact) mass is 715 g/mol. The van der Waals surface area contributed by atoms with Crippen molar-refractivity contribution in [1.29, 1.82) is 0 Å². The normalized spacial score (nSPS) is 24.9. The van der Waals surface area contributed by atoms with Gasteiger partial charge in [0.1, 0.15) is 0 Å². The lowest BCUT2D eigenvalue weighted by molar-refractivity contribution is 0.0482. The van der Waals surface area contributed by atoms with Crippen LogP contribution in [-0.2, 0) is 0 Å². The Bertz CT molecular complexity index is 1710. The van der Waals surface area contributed by atoms with Crippen molar-refractivity contribution < 1.29 is 9.59 Å². The third-order valence-corrected chi connectivity index (χ3v) is 12.5. The topological polar surface area (TPSA) is 34.1 Å². The van der Waals surface area contributed by atoms with Crippen LogP contribution in [0, 0.1) is 22.7 Å². The SMILES string of the molecule is CC(C)=CCC/C(C)=C/CC/C(C)=C/CC/C(C)=C/CC/C(C)=C/CC/C(C)=C/CC/C(C)=C/C[C@]12C=C[C@H](C1)C1(C)C(=O)c3ccccc3C(=O)C12. The van der Waals surface area contributed by atoms with Crippen LogP contribution in [0.25, 0.3) is 0 Å². The highest BCUT2D eigenvalue weighted by molar-refractivity contribution is 6.18. The molecule has 0 spiro atoms. The molecule has 2 bridgehead atoms. The molecule has 0 aromatic heterocycles. The van der Waals surface area contributed by atoms with Crippen molar-refractivity contribution >= 4 is 11.6 Å². The molecule has 0 amide bonds. The molecule has 0 aliphatic heterocycles. The van der Waals surface area contributed by atoms with Gasteiger partial charge in [0.25, 0.3) is 0 Å². The third-order valence-electron chi connectivity index (χ3n) is 12.5. The lowest BCUT2D eigenvalue weighted by Crippen LogP contribution is -2.50. The van der Waals surface area contributed by atoms with Crippen LogP contribution in [0.4, 0.5) is 0 Å². The van der Waals surface area contributed by atoms with Gasteiger partial charge < -0.3 is 0 Å². The summed E-state index contributed by atoms with van der Waals surface area (Å²) in [5, 5.41) is 0. The molecule has 2 heteroatoms. The summed E-state index contributed by atoms with van der Waals surface area (Å²) < 4.78 is 0. The zero-order valence-electron chi connectivity index (χ0n) is 34.9. The molecule has 2 nitrogen and oxygen atoms in total. The first-order chi connectivity index (χ1) is 25.3. The van der Waals surface area contributed by atoms with Crippen LogP contribution < -0.4 is 0 Å². The molecule has 53 heavy (non-hydrogen) atoms. The molecule has 3 aliphatic carbocycles. The number of Topliss-reactive ketones (excluding diaryl/α,β-unsaturated/α-hetero) is 2. The minimum absolute atomic E-state index is 0.146. The molecule has 0 heterocycles. The van der Waals surface area contributed by atoms with Crippen LogP contribution in [0.15, 0.2) is 118 Å². The Morgan fingerprint density at radius 3 is 1.42 bits per heavy atom. The number of allylic oxidation sites excluding steroid dienone is 16. The Kier molecular flexibility index (Phi) is 15.7. The van der Waals surface area contributed by atoms with Gasteiger partial charge in [0, 0.05) is 27.9 Å². The molecule has 0 saturated heterocycles. The van der Waals surface area contributed by atoms with Crippen molar-refractivity contribution in [3.8, 4) is 0 Å². The number of rotatable bonds is 20. The van der Waals surface area contributed by atoms with Crippen LogP contribution >= 0.6 is 0 Å². The molecule has 4 atom stereocenters. The predicted molar refractivity (Wildman–Crippen MR) is 228 cm³/mol. The molecular formula is C51H70O2. The zero-order valence-corrected chi connectivity index (χ0v) is 34.9. The van der Waals surface area contributed by atoms with Crippen molar-refractivity contribution in [1.82, 2.24) is 0 Å². The molecule has 1 fully saturated rings. The highest BCUT2D eigenvalue weighted by Gasteiger charge is 2.68. The standard InChI is InChI=1S/C51H70O2/c1-37(2)18-12-19-38(3)20-13-21-39(4)22-14-23-40(5)24-15-25-41(6)26-16-27-42(7)28-17-29-43(8)32-34-51-35-33-44(36-51)50(9)48(51)47(52)45-30-10-11-31-46(45)49(50)53/h10-11,18,20,22,24,26,28,30-33,35,44,48H,12-17,19,21,23,25,27,29,34,36H2,1-9H3/b38-20+,39-22+,40-24+,41-26+,42-28+,43-32+/t44-,48?,50?,51+/m1/s1. The highest BCUT2D eigenvalue weighted by Crippen LogP contribution is 2.67. The Morgan fingerprint density at radius 1 is 0.585 bits per heavy atom. The number of ketones is 2. The molecule has 1 aromatic rings. The van der Waals surface area contributed by atoms with Gasteiger partial charge in [-0.25, -0.2) is 0 Å². The molecule has 1 saturated carbocycles. The second kappa shape index (κ2) is 19.7. The molecule has 2 unspecified atom stereocenters. The number of carbonyl (C=O) groups excluding carboxylic acids is 2. The third kappa shape index (κ3) is 11.3. The Labute approximate surface area is 324 Å². The van der Waals surface area contributed by atoms with Gasteiger partial charge in [-0.15, -0.1) is 0 Å². The van der Waals surface area contributed by atoms with Crippen molar-refractivity contribution in [2.45, 2.75) is 152 Å². The van der Waals surface area contributed by atoms with E-state index >= 15 is 0 Å². The van der Waals surface area contributed by atoms with E-state index in [2.05, 4.69) is 117 Å². The minimum Gasteiger partial charge on any atom is -0.294 e. The first kappa shape index (κ1) is 42.2. The van der Waals surface area contributed by atoms with Gasteiger partial charge in [0.2, 0.25) is 0 Å². The van der Waals surface area contributed by atoms with E-state index < -0.39 is 5.41 Å². The van der Waals surface area contributed by atoms with Crippen LogP contribution in [0.3, 0.4) is 0 Å². The quantitative estimate of drug-likeness (QED) is 0.126. The maximum absolute atomic E-state index is 13.8.